The highest BCUT2D eigenvalue weighted by atomic mass is 32.1. The second-order valence-corrected chi connectivity index (χ2v) is 5.79. The zero-order chi connectivity index (χ0) is 9.71. The second-order valence-electron chi connectivity index (χ2n) is 3.32. The van der Waals surface area contributed by atoms with E-state index in [0.29, 0.717) is 0 Å². The quantitative estimate of drug-likeness (QED) is 0.579. The molecule has 3 rings (SSSR count). The maximum atomic E-state index is 4.59. The van der Waals surface area contributed by atoms with Gasteiger partial charge in [-0.15, -0.1) is 22.7 Å². The van der Waals surface area contributed by atoms with Gasteiger partial charge in [-0.05, 0) is 26.0 Å². The molecule has 0 saturated heterocycles. The van der Waals surface area contributed by atoms with Crippen LogP contribution in [0.4, 0.5) is 0 Å². The summed E-state index contributed by atoms with van der Waals surface area (Å²) in [5.74, 6) is 0. The van der Waals surface area contributed by atoms with Crippen molar-refractivity contribution in [2.75, 3.05) is 0 Å². The van der Waals surface area contributed by atoms with Crippen LogP contribution < -0.4 is 0 Å². The molecule has 0 amide bonds. The third-order valence-corrected chi connectivity index (χ3v) is 3.94. The highest BCUT2D eigenvalue weighted by Crippen LogP contribution is 2.28. The first kappa shape index (κ1) is 8.32. The van der Waals surface area contributed by atoms with Gasteiger partial charge in [0.2, 0.25) is 0 Å². The number of nitrogens with zero attached hydrogens (tertiary/aromatic N) is 2. The van der Waals surface area contributed by atoms with Crippen LogP contribution in [-0.2, 0) is 0 Å². The summed E-state index contributed by atoms with van der Waals surface area (Å²) in [6.07, 6.45) is 0. The van der Waals surface area contributed by atoms with Crippen molar-refractivity contribution in [3.8, 4) is 0 Å². The molecule has 0 spiro atoms. The van der Waals surface area contributed by atoms with Crippen molar-refractivity contribution in [1.82, 2.24) is 9.97 Å². The molecule has 0 unspecified atom stereocenters. The van der Waals surface area contributed by atoms with Gasteiger partial charge in [-0.3, -0.25) is 0 Å². The van der Waals surface area contributed by atoms with E-state index in [1.807, 2.05) is 0 Å². The fourth-order valence-corrected chi connectivity index (χ4v) is 3.22. The van der Waals surface area contributed by atoms with E-state index in [-0.39, 0.29) is 0 Å². The van der Waals surface area contributed by atoms with Gasteiger partial charge in [0.05, 0.1) is 0 Å². The number of fused-ring (bicyclic) bond motifs is 2. The van der Waals surface area contributed by atoms with Crippen molar-refractivity contribution in [2.45, 2.75) is 13.8 Å². The van der Waals surface area contributed by atoms with E-state index in [2.05, 4.69) is 35.9 Å². The van der Waals surface area contributed by atoms with Crippen LogP contribution in [-0.4, -0.2) is 9.97 Å². The molecule has 0 radical (unpaired) electrons. The maximum absolute atomic E-state index is 4.59. The van der Waals surface area contributed by atoms with E-state index in [1.54, 1.807) is 22.7 Å². The molecule has 0 saturated carbocycles. The van der Waals surface area contributed by atoms with Gasteiger partial charge in [0.1, 0.15) is 20.7 Å². The molecule has 4 heteroatoms. The first-order chi connectivity index (χ1) is 6.72. The lowest BCUT2D eigenvalue weighted by Crippen LogP contribution is -1.76. The standard InChI is InChI=1S/C10H8N2S2/c1-5-3-7-9(13-5)12-10-8(11-7)4-6(2)14-10/h3-4H,1-2H3. The van der Waals surface area contributed by atoms with E-state index in [9.17, 15) is 0 Å². The van der Waals surface area contributed by atoms with Crippen LogP contribution in [0.1, 0.15) is 9.75 Å². The maximum Gasteiger partial charge on any atom is 0.143 e. The average molecular weight is 220 g/mol. The van der Waals surface area contributed by atoms with Crippen molar-refractivity contribution in [3.63, 3.8) is 0 Å². The number of hydrogen-bond donors (Lipinski definition) is 0. The second kappa shape index (κ2) is 2.74. The fraction of sp³-hybridized carbons (Fsp3) is 0.200. The van der Waals surface area contributed by atoms with Crippen LogP contribution in [0.25, 0.3) is 20.7 Å². The van der Waals surface area contributed by atoms with Crippen LogP contribution in [0.5, 0.6) is 0 Å². The van der Waals surface area contributed by atoms with Gasteiger partial charge in [0.15, 0.2) is 0 Å². The number of aromatic nitrogens is 2. The molecule has 0 atom stereocenters. The molecule has 14 heavy (non-hydrogen) atoms. The predicted octanol–water partition coefficient (Wildman–Crippen LogP) is 3.52. The Labute approximate surface area is 89.2 Å². The highest BCUT2D eigenvalue weighted by Gasteiger charge is 2.06. The Morgan fingerprint density at radius 2 is 1.36 bits per heavy atom. The Morgan fingerprint density at radius 1 is 0.857 bits per heavy atom. The lowest BCUT2D eigenvalue weighted by atomic mass is 10.4. The molecular formula is C10H8N2S2. The zero-order valence-corrected chi connectivity index (χ0v) is 9.50. The van der Waals surface area contributed by atoms with Crippen molar-refractivity contribution in [3.05, 3.63) is 21.9 Å². The first-order valence-corrected chi connectivity index (χ1v) is 6.00. The van der Waals surface area contributed by atoms with Crippen LogP contribution >= 0.6 is 22.7 Å². The van der Waals surface area contributed by atoms with E-state index in [4.69, 9.17) is 0 Å². The summed E-state index contributed by atoms with van der Waals surface area (Å²) >= 11 is 3.42. The summed E-state index contributed by atoms with van der Waals surface area (Å²) in [5.41, 5.74) is 2.05. The molecule has 0 aliphatic rings. The lowest BCUT2D eigenvalue weighted by molar-refractivity contribution is 1.45. The Hall–Kier alpha value is -1.00. The molecule has 3 heterocycles. The molecule has 3 aromatic heterocycles. The SMILES string of the molecule is Cc1cc2nc3cc(C)sc3nc2s1. The minimum absolute atomic E-state index is 1.03. The largest absolute Gasteiger partial charge is 0.243 e. The molecular weight excluding hydrogens is 212 g/mol. The van der Waals surface area contributed by atoms with Crippen LogP contribution in [0.3, 0.4) is 0 Å². The summed E-state index contributed by atoms with van der Waals surface area (Å²) < 4.78 is 0. The van der Waals surface area contributed by atoms with Crippen molar-refractivity contribution in [2.24, 2.45) is 0 Å². The van der Waals surface area contributed by atoms with E-state index in [1.165, 1.54) is 9.75 Å². The molecule has 2 nitrogen and oxygen atoms in total. The Morgan fingerprint density at radius 3 is 1.86 bits per heavy atom. The van der Waals surface area contributed by atoms with Crippen LogP contribution in [0.15, 0.2) is 12.1 Å². The summed E-state index contributed by atoms with van der Waals surface area (Å²) in [5, 5.41) is 0. The molecule has 0 fully saturated rings. The first-order valence-electron chi connectivity index (χ1n) is 4.37. The molecule has 0 aliphatic carbocycles. The predicted molar refractivity (Wildman–Crippen MR) is 62.3 cm³/mol. The summed E-state index contributed by atoms with van der Waals surface area (Å²) in [6, 6.07) is 4.19. The number of hydrogen-bond acceptors (Lipinski definition) is 4. The number of rotatable bonds is 0. The normalized spacial score (nSPS) is 11.6. The summed E-state index contributed by atoms with van der Waals surface area (Å²) in [7, 11) is 0. The fourth-order valence-electron chi connectivity index (χ4n) is 1.52. The van der Waals surface area contributed by atoms with E-state index >= 15 is 0 Å². The minimum atomic E-state index is 1.03. The Bertz CT molecular complexity index is 519. The van der Waals surface area contributed by atoms with Crippen LogP contribution in [0.2, 0.25) is 0 Å². The topological polar surface area (TPSA) is 25.8 Å². The third-order valence-electron chi connectivity index (χ3n) is 2.08. The molecule has 0 aliphatic heterocycles. The van der Waals surface area contributed by atoms with Gasteiger partial charge in [-0.2, -0.15) is 0 Å². The summed E-state index contributed by atoms with van der Waals surface area (Å²) in [6.45, 7) is 4.18. The van der Waals surface area contributed by atoms with E-state index in [0.717, 1.165) is 20.7 Å². The van der Waals surface area contributed by atoms with Gasteiger partial charge < -0.3 is 0 Å². The zero-order valence-electron chi connectivity index (χ0n) is 7.87. The average Bonchev–Trinajstić information content (AvgIpc) is 2.59. The minimum Gasteiger partial charge on any atom is -0.243 e. The smallest absolute Gasteiger partial charge is 0.143 e. The number of aryl methyl sites for hydroxylation is 2. The molecule has 0 bridgehead atoms. The Kier molecular flexibility index (Phi) is 1.63. The summed E-state index contributed by atoms with van der Waals surface area (Å²) in [4.78, 5) is 13.8. The molecule has 0 N–H and O–H groups in total. The van der Waals surface area contributed by atoms with Gasteiger partial charge in [0.25, 0.3) is 0 Å². The number of thiophene rings is 2. The van der Waals surface area contributed by atoms with Crippen molar-refractivity contribution < 1.29 is 0 Å². The molecule has 70 valence electrons. The van der Waals surface area contributed by atoms with Gasteiger partial charge in [0, 0.05) is 9.75 Å². The van der Waals surface area contributed by atoms with Crippen LogP contribution in [0, 0.1) is 13.8 Å². The van der Waals surface area contributed by atoms with Crippen molar-refractivity contribution in [1.29, 1.82) is 0 Å². The van der Waals surface area contributed by atoms with Crippen molar-refractivity contribution >= 4 is 43.4 Å². The van der Waals surface area contributed by atoms with E-state index < -0.39 is 0 Å². The Balaban J connectivity index is 2.49. The monoisotopic (exact) mass is 220 g/mol. The van der Waals surface area contributed by atoms with Gasteiger partial charge in [-0.25, -0.2) is 9.97 Å². The van der Waals surface area contributed by atoms with Gasteiger partial charge in [-0.1, -0.05) is 0 Å². The third kappa shape index (κ3) is 1.14. The van der Waals surface area contributed by atoms with Gasteiger partial charge >= 0.3 is 0 Å². The molecule has 0 aromatic carbocycles. The molecule has 3 aromatic rings. The lowest BCUT2D eigenvalue weighted by Gasteiger charge is -1.87. The highest BCUT2D eigenvalue weighted by molar-refractivity contribution is 7.20.